The molecule has 158 valence electrons. The number of rotatable bonds is 8. The number of urea groups is 1. The van der Waals surface area contributed by atoms with Crippen LogP contribution in [0.2, 0.25) is 0 Å². The summed E-state index contributed by atoms with van der Waals surface area (Å²) in [6.45, 7) is 5.42. The molecule has 0 aromatic heterocycles. The second-order valence-electron chi connectivity index (χ2n) is 7.46. The first-order valence-corrected chi connectivity index (χ1v) is 11.1. The molecule has 4 amide bonds. The van der Waals surface area contributed by atoms with Crippen LogP contribution in [0.1, 0.15) is 33.6 Å². The van der Waals surface area contributed by atoms with E-state index in [1.807, 2.05) is 0 Å². The van der Waals surface area contributed by atoms with Crippen molar-refractivity contribution in [2.24, 2.45) is 5.92 Å². The number of imide groups is 1. The van der Waals surface area contributed by atoms with Gasteiger partial charge in [-0.2, -0.15) is 4.31 Å². The number of hydrogen-bond acceptors (Lipinski definition) is 5. The molecule has 1 saturated carbocycles. The highest BCUT2D eigenvalue weighted by molar-refractivity contribution is 7.89. The Morgan fingerprint density at radius 1 is 1.28 bits per heavy atom. The number of nitrogens with zero attached hydrogens (tertiary/aromatic N) is 2. The lowest BCUT2D eigenvalue weighted by Crippen LogP contribution is -2.46. The van der Waals surface area contributed by atoms with Crippen LogP contribution >= 0.6 is 0 Å². The summed E-state index contributed by atoms with van der Waals surface area (Å²) in [5, 5.41) is 5.26. The van der Waals surface area contributed by atoms with E-state index in [0.29, 0.717) is 13.1 Å². The minimum atomic E-state index is -3.66. The van der Waals surface area contributed by atoms with Crippen molar-refractivity contribution in [3.05, 3.63) is 24.3 Å². The maximum Gasteiger partial charge on any atom is 0.325 e. The highest BCUT2D eigenvalue weighted by atomic mass is 32.2. The van der Waals surface area contributed by atoms with Crippen LogP contribution in [0, 0.1) is 5.92 Å². The van der Waals surface area contributed by atoms with Crippen molar-refractivity contribution in [1.82, 2.24) is 14.5 Å². The number of carbonyl (C=O) groups is 3. The molecule has 0 radical (unpaired) electrons. The first-order valence-electron chi connectivity index (χ1n) is 9.67. The van der Waals surface area contributed by atoms with Crippen molar-refractivity contribution in [3.63, 3.8) is 0 Å². The van der Waals surface area contributed by atoms with Crippen molar-refractivity contribution >= 4 is 33.6 Å². The van der Waals surface area contributed by atoms with Crippen molar-refractivity contribution in [2.45, 2.75) is 44.0 Å². The molecule has 1 atom stereocenters. The number of benzene rings is 1. The Morgan fingerprint density at radius 2 is 1.93 bits per heavy atom. The maximum atomic E-state index is 12.6. The molecule has 10 heteroatoms. The molecule has 2 aliphatic rings. The summed E-state index contributed by atoms with van der Waals surface area (Å²) < 4.78 is 26.6. The topological polar surface area (TPSA) is 116 Å². The zero-order valence-electron chi connectivity index (χ0n) is 16.8. The van der Waals surface area contributed by atoms with Crippen LogP contribution in [0.5, 0.6) is 0 Å². The normalized spacial score (nSPS) is 22.1. The quantitative estimate of drug-likeness (QED) is 0.614. The van der Waals surface area contributed by atoms with Crippen molar-refractivity contribution in [3.8, 4) is 0 Å². The highest BCUT2D eigenvalue weighted by Crippen LogP contribution is 2.42. The molecular formula is C19H26N4O5S. The van der Waals surface area contributed by atoms with Gasteiger partial charge in [-0.1, -0.05) is 19.9 Å². The maximum absolute atomic E-state index is 12.6. The first kappa shape index (κ1) is 21.3. The SMILES string of the molecule is CCN(CC)S(=O)(=O)c1cccc(NC(=O)CN2C(=O)N[C@@](C)(C3CC3)C2=O)c1. The molecule has 3 rings (SSSR count). The minimum Gasteiger partial charge on any atom is -0.324 e. The van der Waals surface area contributed by atoms with Crippen LogP contribution in [0.15, 0.2) is 29.2 Å². The van der Waals surface area contributed by atoms with Gasteiger partial charge in [0.2, 0.25) is 15.9 Å². The van der Waals surface area contributed by atoms with E-state index in [-0.39, 0.29) is 16.5 Å². The standard InChI is InChI=1S/C19H26N4O5S/c1-4-22(5-2)29(27,28)15-8-6-7-14(11-15)20-16(24)12-23-17(25)19(3,13-9-10-13)21-18(23)26/h6-8,11,13H,4-5,9-10,12H2,1-3H3,(H,20,24)(H,21,26)/t19-/m0/s1. The minimum absolute atomic E-state index is 0.0651. The molecule has 1 aromatic carbocycles. The summed E-state index contributed by atoms with van der Waals surface area (Å²) in [5.74, 6) is -0.877. The number of nitrogens with one attached hydrogen (secondary N) is 2. The third kappa shape index (κ3) is 3.99. The number of carbonyl (C=O) groups excluding carboxylic acids is 3. The van der Waals surface area contributed by atoms with E-state index in [9.17, 15) is 22.8 Å². The number of sulfonamides is 1. The fourth-order valence-corrected chi connectivity index (χ4v) is 5.09. The summed E-state index contributed by atoms with van der Waals surface area (Å²) in [5.41, 5.74) is -0.671. The van der Waals surface area contributed by atoms with Crippen LogP contribution < -0.4 is 10.6 Å². The molecule has 0 spiro atoms. The Kier molecular flexibility index (Phi) is 5.68. The smallest absolute Gasteiger partial charge is 0.324 e. The van der Waals surface area contributed by atoms with Gasteiger partial charge in [0.1, 0.15) is 12.1 Å². The summed E-state index contributed by atoms with van der Waals surface area (Å²) >= 11 is 0. The third-order valence-corrected chi connectivity index (χ3v) is 7.50. The highest BCUT2D eigenvalue weighted by Gasteiger charge is 2.56. The Bertz CT molecular complexity index is 940. The van der Waals surface area contributed by atoms with Crippen LogP contribution in [-0.4, -0.2) is 60.6 Å². The van der Waals surface area contributed by atoms with E-state index in [1.54, 1.807) is 26.8 Å². The van der Waals surface area contributed by atoms with Gasteiger partial charge in [-0.3, -0.25) is 14.5 Å². The largest absolute Gasteiger partial charge is 0.325 e. The summed E-state index contributed by atoms with van der Waals surface area (Å²) in [6.07, 6.45) is 1.74. The van der Waals surface area contributed by atoms with Gasteiger partial charge < -0.3 is 10.6 Å². The molecule has 1 saturated heterocycles. The summed E-state index contributed by atoms with van der Waals surface area (Å²) in [6, 6.07) is 5.33. The molecule has 2 N–H and O–H groups in total. The van der Waals surface area contributed by atoms with E-state index in [1.165, 1.54) is 22.5 Å². The monoisotopic (exact) mass is 422 g/mol. The van der Waals surface area contributed by atoms with Gasteiger partial charge in [-0.15, -0.1) is 0 Å². The predicted molar refractivity (Wildman–Crippen MR) is 107 cm³/mol. The van der Waals surface area contributed by atoms with Gasteiger partial charge in [0.15, 0.2) is 0 Å². The molecule has 2 fully saturated rings. The Morgan fingerprint density at radius 3 is 2.52 bits per heavy atom. The molecule has 0 unspecified atom stereocenters. The van der Waals surface area contributed by atoms with Crippen LogP contribution in [0.25, 0.3) is 0 Å². The lowest BCUT2D eigenvalue weighted by atomic mass is 9.96. The second-order valence-corrected chi connectivity index (χ2v) is 9.40. The van der Waals surface area contributed by atoms with E-state index in [0.717, 1.165) is 17.7 Å². The van der Waals surface area contributed by atoms with E-state index >= 15 is 0 Å². The van der Waals surface area contributed by atoms with Crippen molar-refractivity contribution in [2.75, 3.05) is 25.0 Å². The number of hydrogen-bond donors (Lipinski definition) is 2. The fourth-order valence-electron chi connectivity index (χ4n) is 3.59. The zero-order chi connectivity index (χ0) is 21.4. The predicted octanol–water partition coefficient (Wildman–Crippen LogP) is 1.38. The number of anilines is 1. The van der Waals surface area contributed by atoms with Gasteiger partial charge in [-0.25, -0.2) is 13.2 Å². The first-order chi connectivity index (χ1) is 13.6. The number of amides is 4. The molecule has 1 heterocycles. The van der Waals surface area contributed by atoms with Crippen molar-refractivity contribution in [1.29, 1.82) is 0 Å². The van der Waals surface area contributed by atoms with Gasteiger partial charge >= 0.3 is 6.03 Å². The molecule has 1 aromatic rings. The lowest BCUT2D eigenvalue weighted by molar-refractivity contribution is -0.134. The van der Waals surface area contributed by atoms with E-state index in [2.05, 4.69) is 10.6 Å². The lowest BCUT2D eigenvalue weighted by Gasteiger charge is -2.21. The molecule has 9 nitrogen and oxygen atoms in total. The summed E-state index contributed by atoms with van der Waals surface area (Å²) in [4.78, 5) is 38.2. The summed E-state index contributed by atoms with van der Waals surface area (Å²) in [7, 11) is -3.66. The molecule has 1 aliphatic carbocycles. The second kappa shape index (κ2) is 7.75. The van der Waals surface area contributed by atoms with Gasteiger partial charge in [0, 0.05) is 18.8 Å². The van der Waals surface area contributed by atoms with Crippen LogP contribution in [0.4, 0.5) is 10.5 Å². The third-order valence-electron chi connectivity index (χ3n) is 5.46. The van der Waals surface area contributed by atoms with E-state index < -0.39 is 40.0 Å². The van der Waals surface area contributed by atoms with Gasteiger partial charge in [0.05, 0.1) is 4.90 Å². The fraction of sp³-hybridized carbons (Fsp3) is 0.526. The molecular weight excluding hydrogens is 396 g/mol. The Hall–Kier alpha value is -2.46. The van der Waals surface area contributed by atoms with Gasteiger partial charge in [0.25, 0.3) is 5.91 Å². The van der Waals surface area contributed by atoms with E-state index in [4.69, 9.17) is 0 Å². The Balaban J connectivity index is 1.70. The van der Waals surface area contributed by atoms with Crippen LogP contribution in [0.3, 0.4) is 0 Å². The molecule has 1 aliphatic heterocycles. The Labute approximate surface area is 170 Å². The molecule has 0 bridgehead atoms. The van der Waals surface area contributed by atoms with Gasteiger partial charge in [-0.05, 0) is 43.9 Å². The van der Waals surface area contributed by atoms with Crippen molar-refractivity contribution < 1.29 is 22.8 Å². The van der Waals surface area contributed by atoms with Crippen LogP contribution in [-0.2, 0) is 19.6 Å². The average Bonchev–Trinajstić information content (AvgIpc) is 3.49. The zero-order valence-corrected chi connectivity index (χ0v) is 17.6. The average molecular weight is 423 g/mol. The molecule has 29 heavy (non-hydrogen) atoms.